The van der Waals surface area contributed by atoms with E-state index >= 15 is 0 Å². The first-order chi connectivity index (χ1) is 10.1. The van der Waals surface area contributed by atoms with Crippen LogP contribution in [-0.4, -0.2) is 10.9 Å². The van der Waals surface area contributed by atoms with Crippen LogP contribution in [0.1, 0.15) is 5.56 Å². The summed E-state index contributed by atoms with van der Waals surface area (Å²) in [5.41, 5.74) is 1.59. The van der Waals surface area contributed by atoms with E-state index in [-0.39, 0.29) is 18.1 Å². The van der Waals surface area contributed by atoms with E-state index in [1.165, 1.54) is 23.5 Å². The molecule has 3 nitrogen and oxygen atoms in total. The van der Waals surface area contributed by atoms with Crippen molar-refractivity contribution < 1.29 is 9.18 Å². The van der Waals surface area contributed by atoms with Gasteiger partial charge >= 0.3 is 0 Å². The molecule has 1 aromatic heterocycles. The van der Waals surface area contributed by atoms with Crippen LogP contribution in [-0.2, 0) is 11.2 Å². The number of anilines is 1. The number of benzene rings is 2. The maximum atomic E-state index is 12.8. The van der Waals surface area contributed by atoms with Crippen LogP contribution in [0.3, 0.4) is 0 Å². The molecule has 0 aliphatic carbocycles. The van der Waals surface area contributed by atoms with Gasteiger partial charge in [-0.2, -0.15) is 0 Å². The molecule has 1 N–H and O–H groups in total. The summed E-state index contributed by atoms with van der Waals surface area (Å²) in [6.45, 7) is 0. The van der Waals surface area contributed by atoms with E-state index in [9.17, 15) is 9.18 Å². The second-order valence-electron chi connectivity index (χ2n) is 4.46. The van der Waals surface area contributed by atoms with Crippen LogP contribution in [0.4, 0.5) is 9.52 Å². The lowest BCUT2D eigenvalue weighted by atomic mass is 10.1. The molecular formula is C15H10BrFN2OS. The molecule has 0 bridgehead atoms. The summed E-state index contributed by atoms with van der Waals surface area (Å²) in [6.07, 6.45) is 0.192. The van der Waals surface area contributed by atoms with Gasteiger partial charge in [-0.25, -0.2) is 9.37 Å². The number of aromatic nitrogens is 1. The first-order valence-electron chi connectivity index (χ1n) is 6.21. The number of hydrogen-bond donors (Lipinski definition) is 1. The predicted octanol–water partition coefficient (Wildman–Crippen LogP) is 4.38. The van der Waals surface area contributed by atoms with Crippen LogP contribution in [0, 0.1) is 5.82 Å². The minimum atomic E-state index is -0.310. The summed E-state index contributed by atoms with van der Waals surface area (Å²) in [6, 6.07) is 11.7. The lowest BCUT2D eigenvalue weighted by Gasteiger charge is -2.01. The van der Waals surface area contributed by atoms with Gasteiger partial charge in [0, 0.05) is 4.47 Å². The van der Waals surface area contributed by atoms with Gasteiger partial charge in [0.1, 0.15) is 5.82 Å². The molecule has 0 spiro atoms. The predicted molar refractivity (Wildman–Crippen MR) is 86.1 cm³/mol. The number of amides is 1. The van der Waals surface area contributed by atoms with E-state index < -0.39 is 0 Å². The molecule has 106 valence electrons. The molecule has 0 saturated heterocycles. The number of halogens is 2. The maximum Gasteiger partial charge on any atom is 0.230 e. The number of nitrogens with zero attached hydrogens (tertiary/aromatic N) is 1. The number of rotatable bonds is 3. The normalized spacial score (nSPS) is 10.8. The molecule has 0 radical (unpaired) electrons. The molecule has 1 heterocycles. The highest BCUT2D eigenvalue weighted by atomic mass is 79.9. The molecule has 0 aliphatic heterocycles. The van der Waals surface area contributed by atoms with Crippen molar-refractivity contribution in [2.45, 2.75) is 6.42 Å². The van der Waals surface area contributed by atoms with Gasteiger partial charge in [-0.15, -0.1) is 0 Å². The fraction of sp³-hybridized carbons (Fsp3) is 0.0667. The van der Waals surface area contributed by atoms with E-state index in [0.29, 0.717) is 5.13 Å². The van der Waals surface area contributed by atoms with Gasteiger partial charge in [0.25, 0.3) is 0 Å². The number of nitrogens with one attached hydrogen (secondary N) is 1. The molecule has 0 unspecified atom stereocenters. The van der Waals surface area contributed by atoms with Crippen LogP contribution in [0.5, 0.6) is 0 Å². The SMILES string of the molecule is O=C(Cc1ccc(F)cc1)Nc1nc2c(Br)cccc2s1. The van der Waals surface area contributed by atoms with Crippen molar-refractivity contribution in [1.82, 2.24) is 4.98 Å². The molecular weight excluding hydrogens is 355 g/mol. The quantitative estimate of drug-likeness (QED) is 0.749. The number of carbonyl (C=O) groups excluding carboxylic acids is 1. The van der Waals surface area contributed by atoms with Crippen LogP contribution >= 0.6 is 27.3 Å². The lowest BCUT2D eigenvalue weighted by Crippen LogP contribution is -2.14. The van der Waals surface area contributed by atoms with Crippen molar-refractivity contribution in [3.63, 3.8) is 0 Å². The fourth-order valence-electron chi connectivity index (χ4n) is 1.92. The summed E-state index contributed by atoms with van der Waals surface area (Å²) in [7, 11) is 0. The summed E-state index contributed by atoms with van der Waals surface area (Å²) in [5.74, 6) is -0.480. The van der Waals surface area contributed by atoms with Crippen LogP contribution in [0.2, 0.25) is 0 Å². The highest BCUT2D eigenvalue weighted by Crippen LogP contribution is 2.30. The zero-order chi connectivity index (χ0) is 14.8. The van der Waals surface area contributed by atoms with Gasteiger partial charge in [0.05, 0.1) is 16.6 Å². The van der Waals surface area contributed by atoms with E-state index in [4.69, 9.17) is 0 Å². The van der Waals surface area contributed by atoms with Crippen molar-refractivity contribution in [3.8, 4) is 0 Å². The van der Waals surface area contributed by atoms with Crippen molar-refractivity contribution in [2.24, 2.45) is 0 Å². The van der Waals surface area contributed by atoms with Gasteiger partial charge < -0.3 is 5.32 Å². The molecule has 1 amide bonds. The van der Waals surface area contributed by atoms with Crippen molar-refractivity contribution in [3.05, 3.63) is 58.3 Å². The third-order valence-electron chi connectivity index (χ3n) is 2.89. The Balaban J connectivity index is 1.74. The van der Waals surface area contributed by atoms with Crippen LogP contribution in [0.15, 0.2) is 46.9 Å². The lowest BCUT2D eigenvalue weighted by molar-refractivity contribution is -0.115. The molecule has 3 aromatic rings. The number of fused-ring (bicyclic) bond motifs is 1. The Morgan fingerprint density at radius 3 is 2.71 bits per heavy atom. The molecule has 2 aromatic carbocycles. The molecule has 0 saturated carbocycles. The number of hydrogen-bond acceptors (Lipinski definition) is 3. The average molecular weight is 365 g/mol. The van der Waals surface area contributed by atoms with Crippen molar-refractivity contribution in [1.29, 1.82) is 0 Å². The fourth-order valence-corrected chi connectivity index (χ4v) is 3.41. The topological polar surface area (TPSA) is 42.0 Å². The van der Waals surface area contributed by atoms with Crippen molar-refractivity contribution >= 4 is 48.5 Å². The molecule has 3 rings (SSSR count). The first kappa shape index (κ1) is 14.2. The standard InChI is InChI=1S/C15H10BrFN2OS/c16-11-2-1-3-12-14(11)19-15(21-12)18-13(20)8-9-4-6-10(17)7-5-9/h1-7H,8H2,(H,18,19,20). The minimum Gasteiger partial charge on any atom is -0.302 e. The monoisotopic (exact) mass is 364 g/mol. The second-order valence-corrected chi connectivity index (χ2v) is 6.34. The Bertz CT molecular complexity index is 801. The summed E-state index contributed by atoms with van der Waals surface area (Å²) in [4.78, 5) is 16.4. The largest absolute Gasteiger partial charge is 0.302 e. The smallest absolute Gasteiger partial charge is 0.230 e. The maximum absolute atomic E-state index is 12.8. The van der Waals surface area contributed by atoms with E-state index in [2.05, 4.69) is 26.2 Å². The average Bonchev–Trinajstić information content (AvgIpc) is 2.85. The molecule has 0 atom stereocenters. The Morgan fingerprint density at radius 1 is 1.24 bits per heavy atom. The number of para-hydroxylation sites is 1. The molecule has 0 aliphatic rings. The van der Waals surface area contributed by atoms with Gasteiger partial charge in [0.15, 0.2) is 5.13 Å². The zero-order valence-electron chi connectivity index (χ0n) is 10.8. The third kappa shape index (κ3) is 3.28. The molecule has 21 heavy (non-hydrogen) atoms. The van der Waals surface area contributed by atoms with Gasteiger partial charge in [-0.3, -0.25) is 4.79 Å². The summed E-state index contributed by atoms with van der Waals surface area (Å²) in [5, 5.41) is 3.33. The number of carbonyl (C=O) groups is 1. The first-order valence-corrected chi connectivity index (χ1v) is 7.82. The number of thiazole rings is 1. The Morgan fingerprint density at radius 2 is 2.00 bits per heavy atom. The van der Waals surface area contributed by atoms with E-state index in [1.807, 2.05) is 18.2 Å². The summed E-state index contributed by atoms with van der Waals surface area (Å²) < 4.78 is 14.7. The second kappa shape index (κ2) is 5.91. The Labute approximate surface area is 133 Å². The highest BCUT2D eigenvalue weighted by molar-refractivity contribution is 9.10. The van der Waals surface area contributed by atoms with Gasteiger partial charge in [-0.05, 0) is 45.8 Å². The van der Waals surface area contributed by atoms with E-state index in [0.717, 1.165) is 20.3 Å². The van der Waals surface area contributed by atoms with Crippen LogP contribution in [0.25, 0.3) is 10.2 Å². The Hall–Kier alpha value is -1.79. The highest BCUT2D eigenvalue weighted by Gasteiger charge is 2.10. The summed E-state index contributed by atoms with van der Waals surface area (Å²) >= 11 is 4.85. The molecule has 6 heteroatoms. The van der Waals surface area contributed by atoms with Crippen LogP contribution < -0.4 is 5.32 Å². The van der Waals surface area contributed by atoms with Gasteiger partial charge in [-0.1, -0.05) is 29.5 Å². The minimum absolute atomic E-state index is 0.170. The Kier molecular flexibility index (Phi) is 3.98. The van der Waals surface area contributed by atoms with Crippen molar-refractivity contribution in [2.75, 3.05) is 5.32 Å². The van der Waals surface area contributed by atoms with E-state index in [1.54, 1.807) is 12.1 Å². The van der Waals surface area contributed by atoms with Gasteiger partial charge in [0.2, 0.25) is 5.91 Å². The third-order valence-corrected chi connectivity index (χ3v) is 4.47. The zero-order valence-corrected chi connectivity index (χ0v) is 13.2. The molecule has 0 fully saturated rings.